The van der Waals surface area contributed by atoms with Crippen molar-refractivity contribution >= 4 is 55.2 Å². The first-order valence-electron chi connectivity index (χ1n) is 23.8. The van der Waals surface area contributed by atoms with Gasteiger partial charge in [-0.2, -0.15) is 4.98 Å². The number of nitrogens with one attached hydrogen (secondary N) is 2. The minimum Gasteiger partial charge on any atom is -0.489 e. The summed E-state index contributed by atoms with van der Waals surface area (Å²) in [5.74, 6) is -0.549. The van der Waals surface area contributed by atoms with E-state index in [1.807, 2.05) is 12.1 Å². The van der Waals surface area contributed by atoms with E-state index >= 15 is 8.42 Å². The van der Waals surface area contributed by atoms with E-state index in [0.717, 1.165) is 56.6 Å². The summed E-state index contributed by atoms with van der Waals surface area (Å²) in [5.41, 5.74) is 9.99. The van der Waals surface area contributed by atoms with Gasteiger partial charge in [0.2, 0.25) is 15.7 Å². The average molecular weight is 944 g/mol. The molecular formula is C49H53N9O9S. The van der Waals surface area contributed by atoms with E-state index in [2.05, 4.69) is 56.2 Å². The van der Waals surface area contributed by atoms with Gasteiger partial charge < -0.3 is 44.8 Å². The van der Waals surface area contributed by atoms with Gasteiger partial charge in [0.1, 0.15) is 28.9 Å². The van der Waals surface area contributed by atoms with E-state index in [0.29, 0.717) is 55.3 Å². The highest BCUT2D eigenvalue weighted by Crippen LogP contribution is 2.57. The zero-order valence-corrected chi connectivity index (χ0v) is 38.5. The Morgan fingerprint density at radius 3 is 2.66 bits per heavy atom. The van der Waals surface area contributed by atoms with Crippen molar-refractivity contribution in [2.75, 3.05) is 74.3 Å². The number of H-pyrrole nitrogens is 1. The lowest BCUT2D eigenvalue weighted by Crippen LogP contribution is -2.66. The molecule has 354 valence electrons. The SMILES string of the molecule is Cc1ccccc1[C@@H]1CCCN1C1CC2(C1)CN(c1ccc(C(N)=O)c(N3c4cc5cc[nH]c5nc4O[C@H]4COC[C@@H]43)c1S(=O)(=O)c1cc3c(c([N+](=O)[O-])c1)N[C@H](CN1C[C@H]4C[C@@H]1CO4)CO3)C2. The van der Waals surface area contributed by atoms with E-state index in [4.69, 9.17) is 29.7 Å². The Kier molecular flexibility index (Phi) is 9.61. The third kappa shape index (κ3) is 6.59. The summed E-state index contributed by atoms with van der Waals surface area (Å²) < 4.78 is 56.5. The number of nitrogens with zero attached hydrogens (tertiary/aromatic N) is 6. The minimum absolute atomic E-state index is 0.0326. The molecule has 1 amide bonds. The van der Waals surface area contributed by atoms with Crippen molar-refractivity contribution in [1.82, 2.24) is 19.8 Å². The molecule has 8 aliphatic rings. The number of benzene rings is 3. The maximum atomic E-state index is 16.0. The third-order valence-corrected chi connectivity index (χ3v) is 17.9. The maximum absolute atomic E-state index is 16.0. The number of amides is 1. The number of aromatic nitrogens is 2. The van der Waals surface area contributed by atoms with Crippen LogP contribution in [-0.2, 0) is 19.3 Å². The lowest BCUT2D eigenvalue weighted by atomic mass is 9.60. The number of sulfone groups is 1. The second kappa shape index (κ2) is 15.5. The zero-order valence-electron chi connectivity index (χ0n) is 37.6. The van der Waals surface area contributed by atoms with E-state index in [9.17, 15) is 14.9 Å². The molecule has 6 atom stereocenters. The van der Waals surface area contributed by atoms with Crippen LogP contribution in [0.4, 0.5) is 28.4 Å². The van der Waals surface area contributed by atoms with Crippen molar-refractivity contribution in [3.8, 4) is 11.6 Å². The Balaban J connectivity index is 0.906. The average Bonchev–Trinajstić information content (AvgIpc) is 4.17. The molecule has 1 saturated carbocycles. The fraction of sp³-hybridized carbons (Fsp3) is 0.469. The summed E-state index contributed by atoms with van der Waals surface area (Å²) >= 11 is 0. The number of nitrogens with two attached hydrogens (primary N) is 1. The van der Waals surface area contributed by atoms with Crippen LogP contribution >= 0.6 is 0 Å². The molecule has 2 bridgehead atoms. The molecule has 13 rings (SSSR count). The minimum atomic E-state index is -4.75. The van der Waals surface area contributed by atoms with Crippen LogP contribution in [-0.4, -0.2) is 135 Å². The zero-order chi connectivity index (χ0) is 46.2. The second-order valence-corrected chi connectivity index (χ2v) is 22.1. The van der Waals surface area contributed by atoms with Crippen molar-refractivity contribution in [3.05, 3.63) is 93.7 Å². The molecule has 6 fully saturated rings. The van der Waals surface area contributed by atoms with Gasteiger partial charge in [-0.25, -0.2) is 8.42 Å². The van der Waals surface area contributed by atoms with Crippen molar-refractivity contribution in [2.24, 2.45) is 11.1 Å². The molecule has 68 heavy (non-hydrogen) atoms. The van der Waals surface area contributed by atoms with Crippen molar-refractivity contribution in [3.63, 3.8) is 0 Å². The molecule has 0 unspecified atom stereocenters. The molecule has 7 aliphatic heterocycles. The van der Waals surface area contributed by atoms with E-state index in [1.165, 1.54) is 17.2 Å². The van der Waals surface area contributed by atoms with Crippen molar-refractivity contribution < 1.29 is 37.1 Å². The number of hydrogen-bond donors (Lipinski definition) is 3. The Morgan fingerprint density at radius 1 is 1.03 bits per heavy atom. The van der Waals surface area contributed by atoms with Gasteiger partial charge in [-0.3, -0.25) is 24.7 Å². The normalized spacial score (nSPS) is 27.2. The first-order valence-corrected chi connectivity index (χ1v) is 25.3. The third-order valence-electron chi connectivity index (χ3n) is 16.1. The number of rotatable bonds is 10. The largest absolute Gasteiger partial charge is 0.489 e. The molecule has 18 nitrogen and oxygen atoms in total. The summed E-state index contributed by atoms with van der Waals surface area (Å²) in [7, 11) is -4.75. The molecule has 2 aromatic heterocycles. The number of nitro benzene ring substituents is 1. The number of morpholine rings is 1. The quantitative estimate of drug-likeness (QED) is 0.117. The first-order chi connectivity index (χ1) is 32.9. The standard InChI is InChI=1S/C49H53N9O9S/c1-27-5-2-3-6-34(27)36-7-4-12-56(36)31-17-49(18-31)25-55(26-49)37-9-8-35(46(50)59)44(57-39-13-28-10-11-51-47(28)53-48(39)67-42-24-64-23-40(42)57)45(37)68(62,63)33-15-38(58(60)61)43-41(16-33)66-21-29(52-43)19-54-20-32-14-30(54)22-65-32/h2-3,5-6,8-11,13,15-16,29-32,36,40,42,52H,4,7,12,14,17-26H2,1H3,(H2,50,59)(H,51,53)/t29-,30-,32-,36+,40+,42+/m1/s1. The van der Waals surface area contributed by atoms with Gasteiger partial charge in [0.15, 0.2) is 11.4 Å². The lowest BCUT2D eigenvalue weighted by molar-refractivity contribution is -0.384. The Morgan fingerprint density at radius 2 is 1.88 bits per heavy atom. The number of anilines is 4. The maximum Gasteiger partial charge on any atom is 0.297 e. The molecule has 9 heterocycles. The molecule has 0 radical (unpaired) electrons. The summed E-state index contributed by atoms with van der Waals surface area (Å²) in [4.78, 5) is 42.5. The number of nitro groups is 1. The highest BCUT2D eigenvalue weighted by atomic mass is 32.2. The summed E-state index contributed by atoms with van der Waals surface area (Å²) in [6.45, 7) is 6.96. The van der Waals surface area contributed by atoms with Gasteiger partial charge in [0, 0.05) is 73.4 Å². The highest BCUT2D eigenvalue weighted by Gasteiger charge is 2.56. The number of hydrogen-bond acceptors (Lipinski definition) is 15. The number of pyridine rings is 1. The highest BCUT2D eigenvalue weighted by molar-refractivity contribution is 7.91. The van der Waals surface area contributed by atoms with Crippen LogP contribution in [0.3, 0.4) is 0 Å². The van der Waals surface area contributed by atoms with Gasteiger partial charge in [0.05, 0.1) is 64.8 Å². The van der Waals surface area contributed by atoms with Crippen LogP contribution in [0.25, 0.3) is 11.0 Å². The van der Waals surface area contributed by atoms with Gasteiger partial charge in [-0.1, -0.05) is 24.3 Å². The first kappa shape index (κ1) is 42.1. The molecule has 4 N–H and O–H groups in total. The topological polar surface area (TPSA) is 211 Å². The number of aryl methyl sites for hydroxylation is 1. The Hall–Kier alpha value is -5.99. The molecule has 5 aromatic rings. The molecule has 1 spiro atoms. The lowest BCUT2D eigenvalue weighted by Gasteiger charge is -2.62. The molecular weight excluding hydrogens is 891 g/mol. The number of fused-ring (bicyclic) bond motifs is 6. The summed E-state index contributed by atoms with van der Waals surface area (Å²) in [5, 5.41) is 17.1. The monoisotopic (exact) mass is 943 g/mol. The smallest absolute Gasteiger partial charge is 0.297 e. The predicted octanol–water partition coefficient (Wildman–Crippen LogP) is 5.46. The number of primary amides is 1. The Bertz CT molecular complexity index is 3020. The van der Waals surface area contributed by atoms with Gasteiger partial charge >= 0.3 is 0 Å². The van der Waals surface area contributed by atoms with Crippen LogP contribution in [0.1, 0.15) is 59.6 Å². The van der Waals surface area contributed by atoms with Gasteiger partial charge in [-0.15, -0.1) is 0 Å². The van der Waals surface area contributed by atoms with Crippen LogP contribution < -0.4 is 30.3 Å². The number of carbonyl (C=O) groups excluding carboxylic acids is 1. The van der Waals surface area contributed by atoms with E-state index in [-0.39, 0.29) is 81.8 Å². The summed E-state index contributed by atoms with van der Waals surface area (Å²) in [6.07, 6.45) is 6.55. The van der Waals surface area contributed by atoms with Gasteiger partial charge in [-0.05, 0) is 81.0 Å². The Labute approximate surface area is 392 Å². The van der Waals surface area contributed by atoms with Gasteiger partial charge in [0.25, 0.3) is 11.6 Å². The predicted molar refractivity (Wildman–Crippen MR) is 251 cm³/mol. The molecule has 3 aromatic carbocycles. The van der Waals surface area contributed by atoms with Crippen LogP contribution in [0.5, 0.6) is 11.6 Å². The molecule has 19 heteroatoms. The summed E-state index contributed by atoms with van der Waals surface area (Å²) in [6, 6.07) is 18.3. The van der Waals surface area contributed by atoms with Crippen molar-refractivity contribution in [1.29, 1.82) is 0 Å². The number of ether oxygens (including phenoxy) is 4. The van der Waals surface area contributed by atoms with Crippen molar-refractivity contribution in [2.45, 2.75) is 91.2 Å². The molecule has 1 aliphatic carbocycles. The van der Waals surface area contributed by atoms with Crippen LogP contribution in [0, 0.1) is 22.5 Å². The van der Waals surface area contributed by atoms with E-state index < -0.39 is 38.5 Å². The van der Waals surface area contributed by atoms with Crippen LogP contribution in [0.2, 0.25) is 0 Å². The number of aromatic amines is 1. The number of carbonyl (C=O) groups is 1. The number of likely N-dealkylation sites (tertiary alicyclic amines) is 2. The van der Waals surface area contributed by atoms with Crippen LogP contribution in [0.15, 0.2) is 76.7 Å². The molecule has 5 saturated heterocycles. The fourth-order valence-electron chi connectivity index (χ4n) is 12.9. The van der Waals surface area contributed by atoms with E-state index in [1.54, 1.807) is 23.2 Å². The second-order valence-electron chi connectivity index (χ2n) is 20.2. The fourth-order valence-corrected chi connectivity index (χ4v) is 14.6.